The summed E-state index contributed by atoms with van der Waals surface area (Å²) in [6, 6.07) is 15.2. The van der Waals surface area contributed by atoms with Crippen LogP contribution in [0.2, 0.25) is 0 Å². The Hall–Kier alpha value is -3.32. The molecule has 0 spiro atoms. The molecule has 0 saturated carbocycles. The van der Waals surface area contributed by atoms with Gasteiger partial charge in [-0.3, -0.25) is 0 Å². The van der Waals surface area contributed by atoms with Crippen LogP contribution in [0.5, 0.6) is 11.5 Å². The summed E-state index contributed by atoms with van der Waals surface area (Å²) in [5.74, 6) is 0.364. The Morgan fingerprint density at radius 2 is 0.974 bits per heavy atom. The van der Waals surface area contributed by atoms with Crippen molar-refractivity contribution in [2.45, 2.75) is 65.2 Å². The number of hydrogen-bond acceptors (Lipinski definition) is 7. The highest BCUT2D eigenvalue weighted by Gasteiger charge is 2.31. The Balaban J connectivity index is 1.90. The van der Waals surface area contributed by atoms with E-state index in [4.69, 9.17) is 18.9 Å². The van der Waals surface area contributed by atoms with Crippen molar-refractivity contribution < 1.29 is 28.5 Å². The van der Waals surface area contributed by atoms with E-state index in [0.717, 1.165) is 48.3 Å². The van der Waals surface area contributed by atoms with Crippen LogP contribution in [-0.2, 0) is 9.47 Å². The smallest absolute Gasteiger partial charge is 0.340 e. The van der Waals surface area contributed by atoms with E-state index in [1.807, 2.05) is 48.5 Å². The summed E-state index contributed by atoms with van der Waals surface area (Å²) in [6.45, 7) is 5.70. The van der Waals surface area contributed by atoms with E-state index in [1.54, 1.807) is 0 Å². The summed E-state index contributed by atoms with van der Waals surface area (Å²) in [6.07, 6.45) is 9.11. The van der Waals surface area contributed by atoms with Gasteiger partial charge >= 0.3 is 11.9 Å². The Labute approximate surface area is 236 Å². The molecule has 0 radical (unpaired) electrons. The topological polar surface area (TPSA) is 71.1 Å². The van der Waals surface area contributed by atoms with E-state index in [2.05, 4.69) is 13.8 Å². The lowest BCUT2D eigenvalue weighted by Gasteiger charge is -2.09. The molecule has 0 amide bonds. The van der Waals surface area contributed by atoms with Gasteiger partial charge in [-0.05, 0) is 72.5 Å². The molecule has 0 aliphatic rings. The van der Waals surface area contributed by atoms with E-state index < -0.39 is 11.9 Å². The molecular weight excluding hydrogens is 512 g/mol. The number of thiophene rings is 1. The predicted octanol–water partition coefficient (Wildman–Crippen LogP) is 8.57. The van der Waals surface area contributed by atoms with Gasteiger partial charge in [-0.1, -0.05) is 52.4 Å². The average Bonchev–Trinajstić information content (AvgIpc) is 3.37. The third kappa shape index (κ3) is 8.33. The van der Waals surface area contributed by atoms with Gasteiger partial charge in [0, 0.05) is 0 Å². The first-order chi connectivity index (χ1) is 19.0. The second kappa shape index (κ2) is 15.9. The maximum absolute atomic E-state index is 13.0. The molecule has 0 aliphatic carbocycles. The molecule has 210 valence electrons. The van der Waals surface area contributed by atoms with Crippen LogP contribution in [0.15, 0.2) is 48.5 Å². The maximum Gasteiger partial charge on any atom is 0.340 e. The van der Waals surface area contributed by atoms with Crippen molar-refractivity contribution >= 4 is 23.3 Å². The number of esters is 2. The molecule has 1 aromatic heterocycles. The molecule has 0 unspecified atom stereocenters. The lowest BCUT2D eigenvalue weighted by Crippen LogP contribution is -2.11. The second-order valence-electron chi connectivity index (χ2n) is 9.36. The molecule has 39 heavy (non-hydrogen) atoms. The number of hydrogen-bond donors (Lipinski definition) is 0. The maximum atomic E-state index is 13.0. The molecule has 0 saturated heterocycles. The van der Waals surface area contributed by atoms with Crippen LogP contribution in [0, 0.1) is 0 Å². The van der Waals surface area contributed by atoms with Crippen molar-refractivity contribution in [2.75, 3.05) is 27.4 Å². The van der Waals surface area contributed by atoms with Gasteiger partial charge in [0.15, 0.2) is 0 Å². The molecule has 1 heterocycles. The number of carbonyl (C=O) groups is 2. The highest BCUT2D eigenvalue weighted by atomic mass is 32.1. The van der Waals surface area contributed by atoms with Crippen LogP contribution < -0.4 is 9.47 Å². The first-order valence-electron chi connectivity index (χ1n) is 13.8. The van der Waals surface area contributed by atoms with Crippen LogP contribution in [0.1, 0.15) is 85.9 Å². The molecule has 2 aromatic carbocycles. The minimum absolute atomic E-state index is 0.203. The molecule has 6 nitrogen and oxygen atoms in total. The normalized spacial score (nSPS) is 10.8. The number of methoxy groups -OCH3 is 2. The molecule has 3 aromatic rings. The van der Waals surface area contributed by atoms with Gasteiger partial charge in [0.1, 0.15) is 11.5 Å². The average molecular weight is 553 g/mol. The van der Waals surface area contributed by atoms with E-state index in [0.29, 0.717) is 23.0 Å². The minimum atomic E-state index is -0.587. The summed E-state index contributed by atoms with van der Waals surface area (Å²) >= 11 is 1.36. The highest BCUT2D eigenvalue weighted by Crippen LogP contribution is 2.43. The van der Waals surface area contributed by atoms with Crippen LogP contribution in [0.3, 0.4) is 0 Å². The second-order valence-corrected chi connectivity index (χ2v) is 10.4. The van der Waals surface area contributed by atoms with Crippen molar-refractivity contribution in [3.05, 3.63) is 59.7 Å². The summed E-state index contributed by atoms with van der Waals surface area (Å²) in [5, 5.41) is 0. The zero-order chi connectivity index (χ0) is 28.0. The van der Waals surface area contributed by atoms with Gasteiger partial charge in [-0.2, -0.15) is 0 Å². The van der Waals surface area contributed by atoms with Crippen LogP contribution in [0.25, 0.3) is 20.9 Å². The molecule has 0 bridgehead atoms. The molecule has 0 aliphatic heterocycles. The lowest BCUT2D eigenvalue weighted by atomic mass is 10.0. The van der Waals surface area contributed by atoms with Crippen LogP contribution in [0.4, 0.5) is 0 Å². The Bertz CT molecular complexity index is 1090. The van der Waals surface area contributed by atoms with E-state index >= 15 is 0 Å². The molecule has 7 heteroatoms. The third-order valence-electron chi connectivity index (χ3n) is 6.45. The predicted molar refractivity (Wildman–Crippen MR) is 157 cm³/mol. The number of carbonyl (C=O) groups excluding carboxylic acids is 2. The molecule has 0 atom stereocenters. The lowest BCUT2D eigenvalue weighted by molar-refractivity contribution is 0.0558. The quantitative estimate of drug-likeness (QED) is 0.131. The van der Waals surface area contributed by atoms with Gasteiger partial charge in [0.25, 0.3) is 0 Å². The Morgan fingerprint density at radius 3 is 1.31 bits per heavy atom. The largest absolute Gasteiger partial charge is 0.494 e. The third-order valence-corrected chi connectivity index (χ3v) is 7.74. The first kappa shape index (κ1) is 30.2. The molecular formula is C32H40O6S. The van der Waals surface area contributed by atoms with Gasteiger partial charge in [-0.25, -0.2) is 9.59 Å². The number of benzene rings is 2. The van der Waals surface area contributed by atoms with E-state index in [-0.39, 0.29) is 11.1 Å². The zero-order valence-electron chi connectivity index (χ0n) is 23.5. The van der Waals surface area contributed by atoms with Crippen molar-refractivity contribution in [2.24, 2.45) is 0 Å². The van der Waals surface area contributed by atoms with Crippen molar-refractivity contribution in [1.82, 2.24) is 0 Å². The van der Waals surface area contributed by atoms with Crippen molar-refractivity contribution in [3.8, 4) is 32.4 Å². The summed E-state index contributed by atoms with van der Waals surface area (Å²) < 4.78 is 22.0. The van der Waals surface area contributed by atoms with Gasteiger partial charge in [-0.15, -0.1) is 11.3 Å². The minimum Gasteiger partial charge on any atom is -0.494 e. The Morgan fingerprint density at radius 1 is 0.590 bits per heavy atom. The van der Waals surface area contributed by atoms with Crippen LogP contribution in [-0.4, -0.2) is 39.4 Å². The first-order valence-corrected chi connectivity index (χ1v) is 14.7. The Kier molecular flexibility index (Phi) is 12.4. The summed E-state index contributed by atoms with van der Waals surface area (Å²) in [5.41, 5.74) is 1.99. The molecule has 0 N–H and O–H groups in total. The van der Waals surface area contributed by atoms with Crippen LogP contribution >= 0.6 is 11.3 Å². The standard InChI is InChI=1S/C32H40O6S/c1-5-7-9-11-21-37-25-17-13-23(14-18-25)29-27(31(33)35-3)28(32(34)36-4)30(39-29)24-15-19-26(20-16-24)38-22-12-10-8-6-2/h13-20H,5-12,21-22H2,1-4H3. The molecule has 3 rings (SSSR count). The van der Waals surface area contributed by atoms with Crippen molar-refractivity contribution in [3.63, 3.8) is 0 Å². The fraction of sp³-hybridized carbons (Fsp3) is 0.438. The van der Waals surface area contributed by atoms with Gasteiger partial charge in [0.2, 0.25) is 0 Å². The van der Waals surface area contributed by atoms with Gasteiger partial charge in [0.05, 0.1) is 48.3 Å². The zero-order valence-corrected chi connectivity index (χ0v) is 24.4. The van der Waals surface area contributed by atoms with E-state index in [1.165, 1.54) is 51.2 Å². The van der Waals surface area contributed by atoms with E-state index in [9.17, 15) is 9.59 Å². The van der Waals surface area contributed by atoms with Gasteiger partial charge < -0.3 is 18.9 Å². The number of ether oxygens (including phenoxy) is 4. The summed E-state index contributed by atoms with van der Waals surface area (Å²) in [4.78, 5) is 27.2. The highest BCUT2D eigenvalue weighted by molar-refractivity contribution is 7.19. The SMILES string of the molecule is CCCCCCOc1ccc(-c2sc(-c3ccc(OCCCCCC)cc3)c(C(=O)OC)c2C(=O)OC)cc1. The fourth-order valence-corrected chi connectivity index (χ4v) is 5.56. The fourth-order valence-electron chi connectivity index (χ4n) is 4.27. The van der Waals surface area contributed by atoms with Crippen molar-refractivity contribution in [1.29, 1.82) is 0 Å². The number of rotatable bonds is 16. The monoisotopic (exact) mass is 552 g/mol. The molecule has 0 fully saturated rings. The number of unbranched alkanes of at least 4 members (excludes halogenated alkanes) is 6. The summed E-state index contributed by atoms with van der Waals surface area (Å²) in [7, 11) is 2.62.